The molecule has 8 heteroatoms. The lowest BCUT2D eigenvalue weighted by Crippen LogP contribution is -2.38. The summed E-state index contributed by atoms with van der Waals surface area (Å²) in [7, 11) is -1.43. The molecule has 1 fully saturated rings. The molecule has 0 aliphatic carbocycles. The van der Waals surface area contributed by atoms with Crippen LogP contribution in [-0.4, -0.2) is 53.8 Å². The lowest BCUT2D eigenvalue weighted by Gasteiger charge is -2.23. The van der Waals surface area contributed by atoms with Gasteiger partial charge < -0.3 is 10.2 Å². The minimum Gasteiger partial charge on any atom is -0.340 e. The van der Waals surface area contributed by atoms with Gasteiger partial charge in [-0.05, 0) is 37.5 Å². The van der Waals surface area contributed by atoms with Crippen molar-refractivity contribution in [1.29, 1.82) is 0 Å². The predicted molar refractivity (Wildman–Crippen MR) is 105 cm³/mol. The summed E-state index contributed by atoms with van der Waals surface area (Å²) >= 11 is 0. The molecule has 27 heavy (non-hydrogen) atoms. The SMILES string of the molecule is CCc1ccc(Nc2cc(C(=O)N(C)C3CCS(=O)(=O)C3)nc(C)n2)cc1. The van der Waals surface area contributed by atoms with Crippen LogP contribution < -0.4 is 5.32 Å². The Morgan fingerprint density at radius 1 is 1.26 bits per heavy atom. The maximum absolute atomic E-state index is 12.8. The van der Waals surface area contributed by atoms with Crippen LogP contribution in [0.25, 0.3) is 0 Å². The molecule has 0 saturated carbocycles. The monoisotopic (exact) mass is 388 g/mol. The average Bonchev–Trinajstić information content (AvgIpc) is 3.00. The Morgan fingerprint density at radius 2 is 1.96 bits per heavy atom. The van der Waals surface area contributed by atoms with Gasteiger partial charge in [0.05, 0.1) is 11.5 Å². The van der Waals surface area contributed by atoms with Gasteiger partial charge in [0, 0.05) is 24.8 Å². The smallest absolute Gasteiger partial charge is 0.272 e. The van der Waals surface area contributed by atoms with Crippen molar-refractivity contribution in [2.45, 2.75) is 32.7 Å². The molecule has 1 N–H and O–H groups in total. The maximum atomic E-state index is 12.8. The summed E-state index contributed by atoms with van der Waals surface area (Å²) in [5.41, 5.74) is 2.37. The molecule has 0 radical (unpaired) electrons. The Labute approximate surface area is 159 Å². The van der Waals surface area contributed by atoms with E-state index in [4.69, 9.17) is 0 Å². The molecule has 1 aliphatic heterocycles. The summed E-state index contributed by atoms with van der Waals surface area (Å²) in [6.07, 6.45) is 1.43. The Kier molecular flexibility index (Phi) is 5.46. The second-order valence-corrected chi connectivity index (χ2v) is 9.06. The third kappa shape index (κ3) is 4.63. The molecule has 3 rings (SSSR count). The van der Waals surface area contributed by atoms with Gasteiger partial charge in [-0.25, -0.2) is 18.4 Å². The van der Waals surface area contributed by atoms with Gasteiger partial charge in [-0.3, -0.25) is 4.79 Å². The zero-order valence-corrected chi connectivity index (χ0v) is 16.6. The van der Waals surface area contributed by atoms with Gasteiger partial charge in [-0.2, -0.15) is 0 Å². The van der Waals surface area contributed by atoms with Crippen molar-refractivity contribution in [3.8, 4) is 0 Å². The minimum absolute atomic E-state index is 0.00813. The number of rotatable bonds is 5. The van der Waals surface area contributed by atoms with Crippen molar-refractivity contribution in [3.63, 3.8) is 0 Å². The van der Waals surface area contributed by atoms with E-state index in [-0.39, 0.29) is 29.1 Å². The van der Waals surface area contributed by atoms with Crippen LogP contribution in [-0.2, 0) is 16.3 Å². The normalized spacial score (nSPS) is 18.3. The molecule has 1 aromatic heterocycles. The molecule has 7 nitrogen and oxygen atoms in total. The molecule has 144 valence electrons. The highest BCUT2D eigenvalue weighted by Crippen LogP contribution is 2.20. The Hall–Kier alpha value is -2.48. The standard InChI is InChI=1S/C19H24N4O3S/c1-4-14-5-7-15(8-6-14)22-18-11-17(20-13(2)21-18)19(24)23(3)16-9-10-27(25,26)12-16/h5-8,11,16H,4,9-10,12H2,1-3H3,(H,20,21,22). The molecule has 0 bridgehead atoms. The third-order valence-electron chi connectivity index (χ3n) is 4.77. The van der Waals surface area contributed by atoms with Gasteiger partial charge >= 0.3 is 0 Å². The number of nitrogens with one attached hydrogen (secondary N) is 1. The van der Waals surface area contributed by atoms with Crippen molar-refractivity contribution in [3.05, 3.63) is 47.4 Å². The van der Waals surface area contributed by atoms with Crippen LogP contribution in [0.15, 0.2) is 30.3 Å². The van der Waals surface area contributed by atoms with Gasteiger partial charge in [0.1, 0.15) is 17.3 Å². The quantitative estimate of drug-likeness (QED) is 0.845. The van der Waals surface area contributed by atoms with Crippen LogP contribution in [0.5, 0.6) is 0 Å². The molecular formula is C19H24N4O3S. The zero-order chi connectivity index (χ0) is 19.6. The van der Waals surface area contributed by atoms with Gasteiger partial charge in [-0.15, -0.1) is 0 Å². The zero-order valence-electron chi connectivity index (χ0n) is 15.8. The summed E-state index contributed by atoms with van der Waals surface area (Å²) in [6.45, 7) is 3.82. The fourth-order valence-electron chi connectivity index (χ4n) is 3.14. The number of aromatic nitrogens is 2. The Morgan fingerprint density at radius 3 is 2.56 bits per heavy atom. The number of aryl methyl sites for hydroxylation is 2. The van der Waals surface area contributed by atoms with Crippen molar-refractivity contribution in [2.24, 2.45) is 0 Å². The fourth-order valence-corrected chi connectivity index (χ4v) is 4.91. The summed E-state index contributed by atoms with van der Waals surface area (Å²) in [5, 5.41) is 3.20. The van der Waals surface area contributed by atoms with Crippen molar-refractivity contribution in [2.75, 3.05) is 23.9 Å². The lowest BCUT2D eigenvalue weighted by molar-refractivity contribution is 0.0741. The first kappa shape index (κ1) is 19.3. The van der Waals surface area contributed by atoms with Gasteiger partial charge in [-0.1, -0.05) is 19.1 Å². The maximum Gasteiger partial charge on any atom is 0.272 e. The van der Waals surface area contributed by atoms with E-state index >= 15 is 0 Å². The van der Waals surface area contributed by atoms with Crippen LogP contribution in [0.3, 0.4) is 0 Å². The Bertz CT molecular complexity index is 942. The molecule has 0 spiro atoms. The first-order chi connectivity index (χ1) is 12.8. The number of amides is 1. The topological polar surface area (TPSA) is 92.3 Å². The second kappa shape index (κ2) is 7.64. The van der Waals surface area contributed by atoms with Crippen LogP contribution in [0.2, 0.25) is 0 Å². The van der Waals surface area contributed by atoms with Gasteiger partial charge in [0.15, 0.2) is 9.84 Å². The average molecular weight is 388 g/mol. The molecular weight excluding hydrogens is 364 g/mol. The number of carbonyl (C=O) groups is 1. The first-order valence-electron chi connectivity index (χ1n) is 8.96. The molecule has 1 atom stereocenters. The summed E-state index contributed by atoms with van der Waals surface area (Å²) in [5.74, 6) is 0.836. The van der Waals surface area contributed by atoms with E-state index in [0.717, 1.165) is 12.1 Å². The van der Waals surface area contributed by atoms with Crippen molar-refractivity contribution in [1.82, 2.24) is 14.9 Å². The number of carbonyl (C=O) groups excluding carboxylic acids is 1. The number of hydrogen-bond acceptors (Lipinski definition) is 6. The van der Waals surface area contributed by atoms with E-state index in [0.29, 0.717) is 18.1 Å². The van der Waals surface area contributed by atoms with E-state index < -0.39 is 9.84 Å². The van der Waals surface area contributed by atoms with E-state index in [9.17, 15) is 13.2 Å². The molecule has 2 heterocycles. The van der Waals surface area contributed by atoms with Crippen molar-refractivity contribution >= 4 is 27.2 Å². The van der Waals surface area contributed by atoms with Gasteiger partial charge in [0.25, 0.3) is 5.91 Å². The molecule has 1 saturated heterocycles. The van der Waals surface area contributed by atoms with E-state index in [1.54, 1.807) is 20.0 Å². The number of nitrogens with zero attached hydrogens (tertiary/aromatic N) is 3. The van der Waals surface area contributed by atoms with E-state index in [1.165, 1.54) is 10.5 Å². The number of hydrogen-bond donors (Lipinski definition) is 1. The molecule has 2 aromatic rings. The molecule has 1 aromatic carbocycles. The number of sulfone groups is 1. The minimum atomic E-state index is -3.06. The summed E-state index contributed by atoms with van der Waals surface area (Å²) < 4.78 is 23.4. The summed E-state index contributed by atoms with van der Waals surface area (Å²) in [6, 6.07) is 9.30. The third-order valence-corrected chi connectivity index (χ3v) is 6.52. The molecule has 1 aliphatic rings. The highest BCUT2D eigenvalue weighted by atomic mass is 32.2. The van der Waals surface area contributed by atoms with Crippen LogP contribution in [0.1, 0.15) is 35.2 Å². The number of benzene rings is 1. The first-order valence-corrected chi connectivity index (χ1v) is 10.8. The van der Waals surface area contributed by atoms with E-state index in [2.05, 4.69) is 22.2 Å². The highest BCUT2D eigenvalue weighted by molar-refractivity contribution is 7.91. The Balaban J connectivity index is 1.78. The van der Waals surface area contributed by atoms with Crippen molar-refractivity contribution < 1.29 is 13.2 Å². The van der Waals surface area contributed by atoms with Crippen LogP contribution in [0, 0.1) is 6.92 Å². The summed E-state index contributed by atoms with van der Waals surface area (Å²) in [4.78, 5) is 22.9. The fraction of sp³-hybridized carbons (Fsp3) is 0.421. The lowest BCUT2D eigenvalue weighted by atomic mass is 10.1. The van der Waals surface area contributed by atoms with Gasteiger partial charge in [0.2, 0.25) is 0 Å². The number of anilines is 2. The predicted octanol–water partition coefficient (Wildman–Crippen LogP) is 2.35. The highest BCUT2D eigenvalue weighted by Gasteiger charge is 2.33. The van der Waals surface area contributed by atoms with Crippen LogP contribution >= 0.6 is 0 Å². The molecule has 1 unspecified atom stereocenters. The molecule has 1 amide bonds. The van der Waals surface area contributed by atoms with E-state index in [1.807, 2.05) is 24.3 Å². The largest absolute Gasteiger partial charge is 0.340 e. The van der Waals surface area contributed by atoms with Crippen LogP contribution in [0.4, 0.5) is 11.5 Å². The second-order valence-electron chi connectivity index (χ2n) is 6.83.